The third-order valence-electron chi connectivity index (χ3n) is 2.30. The van der Waals surface area contributed by atoms with Crippen LogP contribution in [0.4, 0.5) is 4.79 Å². The maximum Gasteiger partial charge on any atom is 0.326 e. The van der Waals surface area contributed by atoms with Crippen molar-refractivity contribution < 1.29 is 19.4 Å². The Bertz CT molecular complexity index is 274. The van der Waals surface area contributed by atoms with Crippen LogP contribution in [0.25, 0.3) is 0 Å². The minimum atomic E-state index is -1.05. The van der Waals surface area contributed by atoms with Gasteiger partial charge in [-0.1, -0.05) is 6.08 Å². The number of carboxylic acids is 1. The van der Waals surface area contributed by atoms with Crippen LogP contribution < -0.4 is 5.32 Å². The fourth-order valence-electron chi connectivity index (χ4n) is 1.39. The number of carboxylic acid groups (broad SMARTS) is 1. The number of aliphatic carboxylic acids is 1. The molecule has 90 valence electrons. The Morgan fingerprint density at radius 3 is 2.62 bits per heavy atom. The molecule has 1 aliphatic rings. The smallest absolute Gasteiger partial charge is 0.326 e. The van der Waals surface area contributed by atoms with Crippen molar-refractivity contribution >= 4 is 12.0 Å². The molecule has 1 fully saturated rings. The Labute approximate surface area is 93.9 Å². The normalized spacial score (nSPS) is 17.6. The molecule has 1 unspecified atom stereocenters. The third-order valence-corrected chi connectivity index (χ3v) is 2.30. The van der Waals surface area contributed by atoms with Crippen LogP contribution in [0.2, 0.25) is 0 Å². The zero-order chi connectivity index (χ0) is 12.0. The van der Waals surface area contributed by atoms with Crippen molar-refractivity contribution in [3.63, 3.8) is 0 Å². The molecular formula is C10H16N2O4. The van der Waals surface area contributed by atoms with Crippen LogP contribution in [0.15, 0.2) is 12.7 Å². The molecule has 2 N–H and O–H groups in total. The molecule has 6 heteroatoms. The van der Waals surface area contributed by atoms with Gasteiger partial charge in [0.05, 0.1) is 13.2 Å². The van der Waals surface area contributed by atoms with E-state index in [1.165, 1.54) is 6.08 Å². The first-order valence-corrected chi connectivity index (χ1v) is 5.12. The molecule has 0 aliphatic carbocycles. The first-order valence-electron chi connectivity index (χ1n) is 5.12. The molecule has 1 heterocycles. The lowest BCUT2D eigenvalue weighted by Gasteiger charge is -2.28. The first-order chi connectivity index (χ1) is 7.65. The molecule has 0 aromatic heterocycles. The summed E-state index contributed by atoms with van der Waals surface area (Å²) in [7, 11) is 0. The van der Waals surface area contributed by atoms with Crippen molar-refractivity contribution in [3.05, 3.63) is 12.7 Å². The maximum absolute atomic E-state index is 11.6. The van der Waals surface area contributed by atoms with E-state index >= 15 is 0 Å². The van der Waals surface area contributed by atoms with Gasteiger partial charge in [-0.05, 0) is 6.42 Å². The van der Waals surface area contributed by atoms with Crippen molar-refractivity contribution in [3.8, 4) is 0 Å². The molecule has 2 amide bonds. The van der Waals surface area contributed by atoms with Crippen molar-refractivity contribution in [2.45, 2.75) is 12.5 Å². The predicted molar refractivity (Wildman–Crippen MR) is 57.2 cm³/mol. The zero-order valence-electron chi connectivity index (χ0n) is 9.02. The van der Waals surface area contributed by atoms with Gasteiger partial charge in [-0.15, -0.1) is 6.58 Å². The summed E-state index contributed by atoms with van der Waals surface area (Å²) in [5.74, 6) is -1.05. The van der Waals surface area contributed by atoms with Gasteiger partial charge in [0.15, 0.2) is 0 Å². The number of ether oxygens (including phenoxy) is 1. The van der Waals surface area contributed by atoms with E-state index in [2.05, 4.69) is 11.9 Å². The molecule has 1 aliphatic heterocycles. The second-order valence-corrected chi connectivity index (χ2v) is 3.46. The molecule has 6 nitrogen and oxygen atoms in total. The fraction of sp³-hybridized carbons (Fsp3) is 0.600. The lowest BCUT2D eigenvalue weighted by Crippen LogP contribution is -2.51. The number of hydrogen-bond donors (Lipinski definition) is 2. The summed E-state index contributed by atoms with van der Waals surface area (Å²) in [6, 6.07) is -1.27. The highest BCUT2D eigenvalue weighted by Gasteiger charge is 2.23. The molecule has 0 radical (unpaired) electrons. The van der Waals surface area contributed by atoms with Gasteiger partial charge in [0, 0.05) is 13.1 Å². The van der Waals surface area contributed by atoms with E-state index in [1.807, 2.05) is 0 Å². The van der Waals surface area contributed by atoms with Gasteiger partial charge in [0.1, 0.15) is 6.04 Å². The second-order valence-electron chi connectivity index (χ2n) is 3.46. The van der Waals surface area contributed by atoms with Gasteiger partial charge in [-0.3, -0.25) is 0 Å². The third kappa shape index (κ3) is 3.54. The van der Waals surface area contributed by atoms with Crippen molar-refractivity contribution in [2.75, 3.05) is 26.3 Å². The van der Waals surface area contributed by atoms with E-state index in [0.717, 1.165) is 0 Å². The van der Waals surface area contributed by atoms with Gasteiger partial charge < -0.3 is 20.1 Å². The van der Waals surface area contributed by atoms with Crippen LogP contribution >= 0.6 is 0 Å². The van der Waals surface area contributed by atoms with Gasteiger partial charge in [-0.2, -0.15) is 0 Å². The molecule has 0 aromatic rings. The Balaban J connectivity index is 2.46. The highest BCUT2D eigenvalue weighted by molar-refractivity contribution is 5.82. The molecule has 16 heavy (non-hydrogen) atoms. The largest absolute Gasteiger partial charge is 0.480 e. The number of carbonyl (C=O) groups excluding carboxylic acids is 1. The highest BCUT2D eigenvalue weighted by Crippen LogP contribution is 2.00. The van der Waals surface area contributed by atoms with Crippen molar-refractivity contribution in [1.82, 2.24) is 10.2 Å². The molecular weight excluding hydrogens is 212 g/mol. The quantitative estimate of drug-likeness (QED) is 0.667. The Hall–Kier alpha value is -1.56. The van der Waals surface area contributed by atoms with E-state index in [9.17, 15) is 9.59 Å². The number of amides is 2. The molecule has 0 spiro atoms. The first kappa shape index (κ1) is 12.5. The molecule has 1 rings (SSSR count). The molecule has 0 bridgehead atoms. The van der Waals surface area contributed by atoms with Gasteiger partial charge >= 0.3 is 12.0 Å². The SMILES string of the molecule is C=CCC(NC(=O)N1CCOCC1)C(=O)O. The topological polar surface area (TPSA) is 78.9 Å². The van der Waals surface area contributed by atoms with E-state index in [0.29, 0.717) is 26.3 Å². The maximum atomic E-state index is 11.6. The second kappa shape index (κ2) is 6.12. The standard InChI is InChI=1S/C10H16N2O4/c1-2-3-8(9(13)14)11-10(15)12-4-6-16-7-5-12/h2,8H,1,3-7H2,(H,11,15)(H,13,14). The summed E-state index contributed by atoms with van der Waals surface area (Å²) in [5, 5.41) is 11.3. The van der Waals surface area contributed by atoms with Crippen LogP contribution in [0.1, 0.15) is 6.42 Å². The number of morpholine rings is 1. The number of urea groups is 1. The van der Waals surface area contributed by atoms with E-state index in [1.54, 1.807) is 4.90 Å². The van der Waals surface area contributed by atoms with Gasteiger partial charge in [-0.25, -0.2) is 9.59 Å². The van der Waals surface area contributed by atoms with Gasteiger partial charge in [0.25, 0.3) is 0 Å². The predicted octanol–water partition coefficient (Wildman–Crippen LogP) is 0.0575. The fourth-order valence-corrected chi connectivity index (χ4v) is 1.39. The Morgan fingerprint density at radius 2 is 2.12 bits per heavy atom. The molecule has 0 saturated carbocycles. The van der Waals surface area contributed by atoms with Crippen molar-refractivity contribution in [2.24, 2.45) is 0 Å². The summed E-state index contributed by atoms with van der Waals surface area (Å²) in [6.07, 6.45) is 1.68. The lowest BCUT2D eigenvalue weighted by atomic mass is 10.2. The summed E-state index contributed by atoms with van der Waals surface area (Å²) in [4.78, 5) is 24.0. The number of nitrogens with one attached hydrogen (secondary N) is 1. The Kier molecular flexibility index (Phi) is 4.78. The van der Waals surface area contributed by atoms with Crippen LogP contribution in [0.5, 0.6) is 0 Å². The van der Waals surface area contributed by atoms with Crippen LogP contribution in [-0.4, -0.2) is 54.4 Å². The summed E-state index contributed by atoms with van der Waals surface area (Å²) >= 11 is 0. The zero-order valence-corrected chi connectivity index (χ0v) is 9.02. The molecule has 0 aromatic carbocycles. The van der Waals surface area contributed by atoms with Crippen LogP contribution in [0.3, 0.4) is 0 Å². The number of rotatable bonds is 4. The Morgan fingerprint density at radius 1 is 1.50 bits per heavy atom. The average Bonchev–Trinajstić information content (AvgIpc) is 2.29. The average molecular weight is 228 g/mol. The monoisotopic (exact) mass is 228 g/mol. The minimum Gasteiger partial charge on any atom is -0.480 e. The van der Waals surface area contributed by atoms with Gasteiger partial charge in [0.2, 0.25) is 0 Å². The summed E-state index contributed by atoms with van der Waals surface area (Å²) in [5.41, 5.74) is 0. The van der Waals surface area contributed by atoms with E-state index in [4.69, 9.17) is 9.84 Å². The van der Waals surface area contributed by atoms with Crippen molar-refractivity contribution in [1.29, 1.82) is 0 Å². The summed E-state index contributed by atoms with van der Waals surface area (Å²) < 4.78 is 5.10. The summed E-state index contributed by atoms with van der Waals surface area (Å²) in [6.45, 7) is 5.42. The number of nitrogens with zero attached hydrogens (tertiary/aromatic N) is 1. The minimum absolute atomic E-state index is 0.214. The number of carbonyl (C=O) groups is 2. The lowest BCUT2D eigenvalue weighted by molar-refractivity contribution is -0.139. The van der Waals surface area contributed by atoms with Crippen LogP contribution in [0, 0.1) is 0 Å². The molecule has 1 saturated heterocycles. The highest BCUT2D eigenvalue weighted by atomic mass is 16.5. The number of hydrogen-bond acceptors (Lipinski definition) is 3. The van der Waals surface area contributed by atoms with E-state index < -0.39 is 12.0 Å². The molecule has 1 atom stereocenters. The van der Waals surface area contributed by atoms with E-state index in [-0.39, 0.29) is 12.5 Å². The van der Waals surface area contributed by atoms with Crippen LogP contribution in [-0.2, 0) is 9.53 Å².